The van der Waals surface area contributed by atoms with Crippen LogP contribution in [0.15, 0.2) is 0 Å². The largest absolute Gasteiger partial charge is 0.389 e. The van der Waals surface area contributed by atoms with Crippen molar-refractivity contribution in [1.82, 2.24) is 0 Å². The highest BCUT2D eigenvalue weighted by Gasteiger charge is 2.28. The van der Waals surface area contributed by atoms with Crippen LogP contribution in [0.5, 0.6) is 0 Å². The van der Waals surface area contributed by atoms with Gasteiger partial charge in [0, 0.05) is 6.42 Å². The molecule has 0 radical (unpaired) electrons. The Labute approximate surface area is 88.8 Å². The Hall–Kier alpha value is -0.260. The summed E-state index contributed by atoms with van der Waals surface area (Å²) in [5.74, 6) is -0.457. The maximum absolute atomic E-state index is 11.8. The second kappa shape index (κ2) is 4.72. The Morgan fingerprint density at radius 3 is 1.87 bits per heavy atom. The molecule has 0 aliphatic heterocycles. The molecule has 0 aromatic rings. The van der Waals surface area contributed by atoms with E-state index in [-0.39, 0.29) is 17.9 Å². The maximum Gasteiger partial charge on any atom is 0.389 e. The molecule has 0 spiro atoms. The average molecular weight is 246 g/mol. The number of hydrogen-bond acceptors (Lipinski definition) is 2. The van der Waals surface area contributed by atoms with Crippen molar-refractivity contribution in [1.29, 1.82) is 0 Å². The van der Waals surface area contributed by atoms with E-state index >= 15 is 0 Å². The van der Waals surface area contributed by atoms with Gasteiger partial charge in [-0.2, -0.15) is 13.2 Å². The van der Waals surface area contributed by atoms with Gasteiger partial charge in [0.1, 0.15) is 0 Å². The van der Waals surface area contributed by atoms with Crippen LogP contribution in [-0.4, -0.2) is 26.1 Å². The van der Waals surface area contributed by atoms with Crippen LogP contribution in [0.4, 0.5) is 13.2 Å². The van der Waals surface area contributed by atoms with E-state index in [1.165, 1.54) is 0 Å². The van der Waals surface area contributed by atoms with Gasteiger partial charge in [-0.25, -0.2) is 8.42 Å². The molecule has 0 rings (SSSR count). The summed E-state index contributed by atoms with van der Waals surface area (Å²) in [6, 6.07) is 0. The number of sulfone groups is 1. The molecule has 0 bridgehead atoms. The third-order valence-electron chi connectivity index (χ3n) is 1.57. The van der Waals surface area contributed by atoms with E-state index in [4.69, 9.17) is 0 Å². The summed E-state index contributed by atoms with van der Waals surface area (Å²) in [5, 5.41) is 0. The molecule has 0 fully saturated rings. The van der Waals surface area contributed by atoms with E-state index in [1.54, 1.807) is 20.8 Å². The van der Waals surface area contributed by atoms with E-state index < -0.39 is 27.8 Å². The van der Waals surface area contributed by atoms with E-state index in [0.29, 0.717) is 0 Å². The second-order valence-corrected chi connectivity index (χ2v) is 7.06. The topological polar surface area (TPSA) is 34.1 Å². The predicted molar refractivity (Wildman–Crippen MR) is 53.4 cm³/mol. The Balaban J connectivity index is 4.08. The lowest BCUT2D eigenvalue weighted by Gasteiger charge is -2.17. The predicted octanol–water partition coefficient (Wildman–Crippen LogP) is 2.79. The molecule has 0 unspecified atom stereocenters. The molecule has 0 aliphatic carbocycles. The molecular formula is C9H17F3O2S. The lowest BCUT2D eigenvalue weighted by atomic mass is 10.0. The van der Waals surface area contributed by atoms with Crippen LogP contribution in [-0.2, 0) is 9.84 Å². The van der Waals surface area contributed by atoms with Crippen molar-refractivity contribution in [2.45, 2.75) is 39.8 Å². The van der Waals surface area contributed by atoms with Gasteiger partial charge in [0.25, 0.3) is 0 Å². The SMILES string of the molecule is CC(C)(C)CS(=O)(=O)CCCC(F)(F)F. The highest BCUT2D eigenvalue weighted by Crippen LogP contribution is 2.23. The molecule has 0 amide bonds. The molecule has 0 atom stereocenters. The lowest BCUT2D eigenvalue weighted by molar-refractivity contribution is -0.134. The first-order valence-electron chi connectivity index (χ1n) is 4.68. The maximum atomic E-state index is 11.8. The first kappa shape index (κ1) is 14.7. The van der Waals surface area contributed by atoms with Crippen LogP contribution in [0.25, 0.3) is 0 Å². The molecule has 15 heavy (non-hydrogen) atoms. The second-order valence-electron chi connectivity index (χ2n) is 4.87. The molecule has 0 heterocycles. The van der Waals surface area contributed by atoms with Gasteiger partial charge in [0.15, 0.2) is 9.84 Å². The highest BCUT2D eigenvalue weighted by atomic mass is 32.2. The minimum atomic E-state index is -4.27. The summed E-state index contributed by atoms with van der Waals surface area (Å²) in [4.78, 5) is 0. The van der Waals surface area contributed by atoms with Crippen molar-refractivity contribution < 1.29 is 21.6 Å². The summed E-state index contributed by atoms with van der Waals surface area (Å²) in [6.07, 6.45) is -5.64. The van der Waals surface area contributed by atoms with Gasteiger partial charge in [-0.3, -0.25) is 0 Å². The van der Waals surface area contributed by atoms with Crippen LogP contribution in [0.1, 0.15) is 33.6 Å². The minimum absolute atomic E-state index is 0.0716. The fraction of sp³-hybridized carbons (Fsp3) is 1.00. The molecule has 2 nitrogen and oxygen atoms in total. The van der Waals surface area contributed by atoms with E-state index in [2.05, 4.69) is 0 Å². The Kier molecular flexibility index (Phi) is 4.64. The van der Waals surface area contributed by atoms with Crippen molar-refractivity contribution in [3.63, 3.8) is 0 Å². The molecule has 0 aromatic carbocycles. The molecule has 0 aliphatic rings. The molecule has 92 valence electrons. The monoisotopic (exact) mass is 246 g/mol. The van der Waals surface area contributed by atoms with Crippen LogP contribution < -0.4 is 0 Å². The molecular weight excluding hydrogens is 229 g/mol. The zero-order valence-corrected chi connectivity index (χ0v) is 10.0. The number of alkyl halides is 3. The molecule has 0 aromatic heterocycles. The van der Waals surface area contributed by atoms with Crippen LogP contribution >= 0.6 is 0 Å². The average Bonchev–Trinajstić information content (AvgIpc) is 1.75. The van der Waals surface area contributed by atoms with E-state index in [0.717, 1.165) is 0 Å². The van der Waals surface area contributed by atoms with Gasteiger partial charge in [-0.1, -0.05) is 20.8 Å². The zero-order chi connectivity index (χ0) is 12.3. The van der Waals surface area contributed by atoms with Crippen molar-refractivity contribution in [2.24, 2.45) is 5.41 Å². The van der Waals surface area contributed by atoms with Crippen LogP contribution in [0.2, 0.25) is 0 Å². The Morgan fingerprint density at radius 2 is 1.53 bits per heavy atom. The molecule has 0 saturated carbocycles. The molecule has 0 saturated heterocycles. The van der Waals surface area contributed by atoms with Gasteiger partial charge in [-0.05, 0) is 11.8 Å². The smallest absolute Gasteiger partial charge is 0.229 e. The van der Waals surface area contributed by atoms with Gasteiger partial charge in [0.2, 0.25) is 0 Å². The first-order chi connectivity index (χ1) is 6.41. The van der Waals surface area contributed by atoms with Gasteiger partial charge < -0.3 is 0 Å². The Morgan fingerprint density at radius 1 is 1.07 bits per heavy atom. The summed E-state index contributed by atoms with van der Waals surface area (Å²) < 4.78 is 58.1. The number of halogens is 3. The van der Waals surface area contributed by atoms with E-state index in [1.807, 2.05) is 0 Å². The van der Waals surface area contributed by atoms with Crippen molar-refractivity contribution >= 4 is 9.84 Å². The number of hydrogen-bond donors (Lipinski definition) is 0. The zero-order valence-electron chi connectivity index (χ0n) is 9.19. The quantitative estimate of drug-likeness (QED) is 0.764. The summed E-state index contributed by atoms with van der Waals surface area (Å²) >= 11 is 0. The summed E-state index contributed by atoms with van der Waals surface area (Å²) in [7, 11) is -3.36. The van der Waals surface area contributed by atoms with Gasteiger partial charge in [0.05, 0.1) is 11.5 Å². The standard InChI is InChI=1S/C9H17F3O2S/c1-8(2,3)7-15(13,14)6-4-5-9(10,11)12/h4-7H2,1-3H3. The first-order valence-corrected chi connectivity index (χ1v) is 6.51. The van der Waals surface area contributed by atoms with Crippen molar-refractivity contribution in [2.75, 3.05) is 11.5 Å². The van der Waals surface area contributed by atoms with Gasteiger partial charge >= 0.3 is 6.18 Å². The lowest BCUT2D eigenvalue weighted by Crippen LogP contribution is -2.23. The molecule has 6 heteroatoms. The van der Waals surface area contributed by atoms with Crippen molar-refractivity contribution in [3.8, 4) is 0 Å². The third kappa shape index (κ3) is 10.0. The summed E-state index contributed by atoms with van der Waals surface area (Å²) in [5.41, 5.74) is -0.406. The van der Waals surface area contributed by atoms with E-state index in [9.17, 15) is 21.6 Å². The van der Waals surface area contributed by atoms with Crippen LogP contribution in [0, 0.1) is 5.41 Å². The van der Waals surface area contributed by atoms with Crippen molar-refractivity contribution in [3.05, 3.63) is 0 Å². The van der Waals surface area contributed by atoms with Gasteiger partial charge in [-0.15, -0.1) is 0 Å². The highest BCUT2D eigenvalue weighted by molar-refractivity contribution is 7.91. The number of rotatable bonds is 4. The normalized spacial score (nSPS) is 14.3. The fourth-order valence-corrected chi connectivity index (χ4v) is 3.27. The minimum Gasteiger partial charge on any atom is -0.229 e. The third-order valence-corrected chi connectivity index (χ3v) is 3.79. The Bertz CT molecular complexity index is 285. The molecule has 0 N–H and O–H groups in total. The summed E-state index contributed by atoms with van der Waals surface area (Å²) in [6.45, 7) is 5.23. The van der Waals surface area contributed by atoms with Crippen LogP contribution in [0.3, 0.4) is 0 Å². The fourth-order valence-electron chi connectivity index (χ4n) is 1.22.